The van der Waals surface area contributed by atoms with Gasteiger partial charge in [0, 0.05) is 41.4 Å². The van der Waals surface area contributed by atoms with Crippen molar-refractivity contribution in [1.82, 2.24) is 4.90 Å². The zero-order valence-electron chi connectivity index (χ0n) is 17.7. The van der Waals surface area contributed by atoms with Gasteiger partial charge in [0.1, 0.15) is 11.4 Å². The van der Waals surface area contributed by atoms with Gasteiger partial charge < -0.3 is 5.32 Å². The maximum Gasteiger partial charge on any atom is 0.269 e. The molecule has 7 nitrogen and oxygen atoms in total. The van der Waals surface area contributed by atoms with Gasteiger partial charge in [0.15, 0.2) is 5.78 Å². The number of nitro groups is 1. The van der Waals surface area contributed by atoms with Crippen LogP contribution in [0.5, 0.6) is 0 Å². The molecule has 0 aromatic heterocycles. The van der Waals surface area contributed by atoms with Crippen molar-refractivity contribution in [1.29, 1.82) is 0 Å². The predicted molar refractivity (Wildman–Crippen MR) is 119 cm³/mol. The van der Waals surface area contributed by atoms with Crippen molar-refractivity contribution < 1.29 is 18.9 Å². The number of benzene rings is 3. The number of nitro benzene ring substituents is 1. The minimum atomic E-state index is -1.41. The fraction of sp³-hybridized carbons (Fsp3) is 0.200. The van der Waals surface area contributed by atoms with Gasteiger partial charge in [-0.15, -0.1) is 0 Å². The molecule has 0 unspecified atom stereocenters. The molecule has 8 heteroatoms. The number of carbonyl (C=O) groups is 2. The molecule has 33 heavy (non-hydrogen) atoms. The Labute approximate surface area is 189 Å². The molecule has 0 radical (unpaired) electrons. The van der Waals surface area contributed by atoms with Gasteiger partial charge in [-0.1, -0.05) is 42.5 Å². The number of hydrogen-bond donors (Lipinski definition) is 1. The van der Waals surface area contributed by atoms with Crippen LogP contribution in [0.1, 0.15) is 27.4 Å². The van der Waals surface area contributed by atoms with Crippen molar-refractivity contribution in [3.63, 3.8) is 0 Å². The van der Waals surface area contributed by atoms with Gasteiger partial charge >= 0.3 is 0 Å². The van der Waals surface area contributed by atoms with Crippen molar-refractivity contribution >= 4 is 23.1 Å². The molecule has 3 aromatic rings. The van der Waals surface area contributed by atoms with Gasteiger partial charge in [0.25, 0.3) is 5.69 Å². The predicted octanol–water partition coefficient (Wildman–Crippen LogP) is 4.11. The molecule has 3 aromatic carbocycles. The lowest BCUT2D eigenvalue weighted by atomic mass is 9.70. The molecule has 2 heterocycles. The number of likely N-dealkylation sites (tertiary alicyclic amines) is 1. The number of halogens is 1. The highest BCUT2D eigenvalue weighted by Crippen LogP contribution is 2.55. The number of nitrogens with zero attached hydrogens (tertiary/aromatic N) is 2. The third-order valence-electron chi connectivity index (χ3n) is 6.78. The average Bonchev–Trinajstić information content (AvgIpc) is 3.29. The van der Waals surface area contributed by atoms with Crippen LogP contribution in [0.2, 0.25) is 0 Å². The van der Waals surface area contributed by atoms with E-state index in [1.165, 1.54) is 30.3 Å². The van der Waals surface area contributed by atoms with E-state index >= 15 is 0 Å². The Balaban J connectivity index is 1.71. The summed E-state index contributed by atoms with van der Waals surface area (Å²) in [5, 5.41) is 13.9. The first-order valence-electron chi connectivity index (χ1n) is 10.5. The van der Waals surface area contributed by atoms with E-state index in [9.17, 15) is 24.1 Å². The summed E-state index contributed by atoms with van der Waals surface area (Å²) in [7, 11) is 1.75. The van der Waals surface area contributed by atoms with Crippen LogP contribution in [0.15, 0.2) is 72.8 Å². The van der Waals surface area contributed by atoms with Gasteiger partial charge in [-0.25, -0.2) is 4.39 Å². The minimum Gasteiger partial charge on any atom is -0.324 e. The molecule has 0 bridgehead atoms. The zero-order valence-corrected chi connectivity index (χ0v) is 17.7. The third kappa shape index (κ3) is 3.06. The van der Waals surface area contributed by atoms with E-state index in [0.717, 1.165) is 0 Å². The van der Waals surface area contributed by atoms with Crippen LogP contribution in [-0.4, -0.2) is 35.1 Å². The second-order valence-corrected chi connectivity index (χ2v) is 8.45. The van der Waals surface area contributed by atoms with E-state index in [2.05, 4.69) is 5.32 Å². The van der Waals surface area contributed by atoms with Gasteiger partial charge in [-0.05, 0) is 30.8 Å². The lowest BCUT2D eigenvalue weighted by Gasteiger charge is -2.35. The van der Waals surface area contributed by atoms with E-state index in [-0.39, 0.29) is 17.4 Å². The summed E-state index contributed by atoms with van der Waals surface area (Å²) in [6, 6.07) is 18.8. The van der Waals surface area contributed by atoms with Crippen LogP contribution in [0.25, 0.3) is 0 Å². The van der Waals surface area contributed by atoms with E-state index < -0.39 is 28.1 Å². The molecule has 1 saturated heterocycles. The third-order valence-corrected chi connectivity index (χ3v) is 6.78. The molecule has 5 rings (SSSR count). The number of anilines is 1. The van der Waals surface area contributed by atoms with Gasteiger partial charge in [0.05, 0.1) is 10.8 Å². The normalized spacial score (nSPS) is 24.0. The molecular formula is C25H20FN3O4. The van der Waals surface area contributed by atoms with E-state index in [1.54, 1.807) is 54.4 Å². The Morgan fingerprint density at radius 3 is 2.48 bits per heavy atom. The van der Waals surface area contributed by atoms with Crippen LogP contribution >= 0.6 is 0 Å². The van der Waals surface area contributed by atoms with E-state index in [0.29, 0.717) is 28.9 Å². The van der Waals surface area contributed by atoms with Crippen LogP contribution in [0.3, 0.4) is 0 Å². The number of amides is 1. The number of non-ortho nitro benzene ring substituents is 1. The Hall–Kier alpha value is -3.91. The first-order valence-corrected chi connectivity index (χ1v) is 10.5. The molecule has 1 amide bonds. The summed E-state index contributed by atoms with van der Waals surface area (Å²) in [6.07, 6.45) is 0. The molecule has 1 fully saturated rings. The fourth-order valence-corrected chi connectivity index (χ4v) is 5.34. The standard InChI is InChI=1S/C25H20FN3O4/c1-28-14-19(15-7-10-18(11-8-15)29(32)33)22(23(30)16-5-3-2-4-6-16)25(28)20-13-17(26)9-12-21(20)27-24(25)31/h2-13,19,22H,14H2,1H3,(H,27,31)/t19-,22-,25+/m1/s1. The lowest BCUT2D eigenvalue weighted by molar-refractivity contribution is -0.384. The summed E-state index contributed by atoms with van der Waals surface area (Å²) in [5.41, 5.74) is 0.587. The fourth-order valence-electron chi connectivity index (χ4n) is 5.34. The summed E-state index contributed by atoms with van der Waals surface area (Å²) in [6.45, 7) is 0.338. The summed E-state index contributed by atoms with van der Waals surface area (Å²) in [5.74, 6) is -2.43. The first-order chi connectivity index (χ1) is 15.8. The highest BCUT2D eigenvalue weighted by atomic mass is 19.1. The molecule has 0 aliphatic carbocycles. The second-order valence-electron chi connectivity index (χ2n) is 8.45. The van der Waals surface area contributed by atoms with E-state index in [4.69, 9.17) is 0 Å². The second kappa shape index (κ2) is 7.60. The van der Waals surface area contributed by atoms with Crippen molar-refractivity contribution in [3.8, 4) is 0 Å². The SMILES string of the molecule is CN1C[C@H](c2ccc([N+](=O)[O-])cc2)[C@H](C(=O)c2ccccc2)[C@@]12C(=O)Nc1ccc(F)cc12. The number of likely N-dealkylation sites (N-methyl/N-ethyl adjacent to an activating group) is 1. The number of hydrogen-bond acceptors (Lipinski definition) is 5. The molecule has 0 saturated carbocycles. The lowest BCUT2D eigenvalue weighted by Crippen LogP contribution is -2.51. The Morgan fingerprint density at radius 2 is 1.82 bits per heavy atom. The van der Waals surface area contributed by atoms with Crippen LogP contribution in [-0.2, 0) is 10.3 Å². The molecule has 3 atom stereocenters. The van der Waals surface area contributed by atoms with Crippen molar-refractivity contribution in [2.24, 2.45) is 5.92 Å². The van der Waals surface area contributed by atoms with Crippen LogP contribution in [0, 0.1) is 21.8 Å². The first kappa shape index (κ1) is 21.0. The number of rotatable bonds is 4. The number of Topliss-reactive ketones (excluding diaryl/α,β-unsaturated/α-hetero) is 1. The Bertz CT molecular complexity index is 1280. The quantitative estimate of drug-likeness (QED) is 0.371. The van der Waals surface area contributed by atoms with Crippen molar-refractivity contribution in [2.75, 3.05) is 18.9 Å². The molecular weight excluding hydrogens is 425 g/mol. The van der Waals surface area contributed by atoms with E-state index in [1.807, 2.05) is 0 Å². The largest absolute Gasteiger partial charge is 0.324 e. The highest BCUT2D eigenvalue weighted by molar-refractivity contribution is 6.12. The topological polar surface area (TPSA) is 92.5 Å². The van der Waals surface area contributed by atoms with Crippen molar-refractivity contribution in [2.45, 2.75) is 11.5 Å². The minimum absolute atomic E-state index is 0.0585. The highest BCUT2D eigenvalue weighted by Gasteiger charge is 2.64. The zero-order chi connectivity index (χ0) is 23.3. The molecule has 2 aliphatic rings. The Kier molecular flexibility index (Phi) is 4.83. The van der Waals surface area contributed by atoms with Crippen LogP contribution in [0.4, 0.5) is 15.8 Å². The number of nitrogens with one attached hydrogen (secondary N) is 1. The van der Waals surface area contributed by atoms with Gasteiger partial charge in [0.2, 0.25) is 5.91 Å². The number of fused-ring (bicyclic) bond motifs is 2. The molecule has 166 valence electrons. The molecule has 1 spiro atoms. The molecule has 2 aliphatic heterocycles. The summed E-state index contributed by atoms with van der Waals surface area (Å²) in [4.78, 5) is 39.9. The van der Waals surface area contributed by atoms with Gasteiger partial charge in [-0.3, -0.25) is 24.6 Å². The Morgan fingerprint density at radius 1 is 1.12 bits per heavy atom. The summed E-state index contributed by atoms with van der Waals surface area (Å²) >= 11 is 0. The van der Waals surface area contributed by atoms with Crippen LogP contribution < -0.4 is 5.32 Å². The number of carbonyl (C=O) groups excluding carboxylic acids is 2. The summed E-state index contributed by atoms with van der Waals surface area (Å²) < 4.78 is 14.3. The maximum absolute atomic E-state index is 14.3. The maximum atomic E-state index is 14.3. The number of ketones is 1. The van der Waals surface area contributed by atoms with Gasteiger partial charge in [-0.2, -0.15) is 0 Å². The van der Waals surface area contributed by atoms with Crippen molar-refractivity contribution in [3.05, 3.63) is 105 Å². The smallest absolute Gasteiger partial charge is 0.269 e. The monoisotopic (exact) mass is 445 g/mol. The average molecular weight is 445 g/mol. The molecule has 1 N–H and O–H groups in total.